The number of nitrogens with zero attached hydrogens (tertiary/aromatic N) is 3. The standard InChI is InChI=1S/C25H31ClFN3O3/c1-28-9-11-30(12-10-28)24(31)16-25(19-32-23-7-5-22(27)6-8-23)18-29(13-14-33-25)17-20-3-2-4-21(26)15-20/h2-8,15H,9-14,16-19H2,1H3/t25-/m1/s1. The molecule has 0 radical (unpaired) electrons. The highest BCUT2D eigenvalue weighted by Gasteiger charge is 2.41. The summed E-state index contributed by atoms with van der Waals surface area (Å²) in [5.41, 5.74) is 0.328. The van der Waals surface area contributed by atoms with Crippen molar-refractivity contribution >= 4 is 17.5 Å². The Morgan fingerprint density at radius 2 is 1.88 bits per heavy atom. The van der Waals surface area contributed by atoms with Crippen LogP contribution in [-0.2, 0) is 16.1 Å². The van der Waals surface area contributed by atoms with E-state index in [0.29, 0.717) is 30.5 Å². The van der Waals surface area contributed by atoms with Crippen LogP contribution in [0.3, 0.4) is 0 Å². The maximum atomic E-state index is 13.3. The molecule has 2 aliphatic heterocycles. The van der Waals surface area contributed by atoms with E-state index in [1.165, 1.54) is 12.1 Å². The molecule has 2 aromatic rings. The van der Waals surface area contributed by atoms with E-state index in [1.807, 2.05) is 29.2 Å². The molecule has 4 rings (SSSR count). The third-order valence-corrected chi connectivity index (χ3v) is 6.50. The van der Waals surface area contributed by atoms with E-state index in [0.717, 1.165) is 38.3 Å². The second kappa shape index (κ2) is 10.8. The Morgan fingerprint density at radius 1 is 1.12 bits per heavy atom. The van der Waals surface area contributed by atoms with Crippen molar-refractivity contribution in [3.63, 3.8) is 0 Å². The van der Waals surface area contributed by atoms with Gasteiger partial charge in [0, 0.05) is 50.8 Å². The number of carbonyl (C=O) groups excluding carboxylic acids is 1. The van der Waals surface area contributed by atoms with Crippen LogP contribution in [0, 0.1) is 5.82 Å². The molecule has 8 heteroatoms. The number of amides is 1. The van der Waals surface area contributed by atoms with E-state index in [4.69, 9.17) is 21.1 Å². The van der Waals surface area contributed by atoms with Gasteiger partial charge < -0.3 is 19.3 Å². The van der Waals surface area contributed by atoms with Gasteiger partial charge in [-0.1, -0.05) is 23.7 Å². The highest BCUT2D eigenvalue weighted by Crippen LogP contribution is 2.27. The Labute approximate surface area is 199 Å². The van der Waals surface area contributed by atoms with Crippen LogP contribution in [0.5, 0.6) is 5.75 Å². The molecular formula is C25H31ClFN3O3. The maximum Gasteiger partial charge on any atom is 0.225 e. The molecule has 2 fully saturated rings. The van der Waals surface area contributed by atoms with Crippen molar-refractivity contribution in [2.24, 2.45) is 0 Å². The summed E-state index contributed by atoms with van der Waals surface area (Å²) in [7, 11) is 2.07. The number of carbonyl (C=O) groups is 1. The van der Waals surface area contributed by atoms with E-state index < -0.39 is 5.60 Å². The molecule has 2 saturated heterocycles. The number of rotatable bonds is 7. The number of ether oxygens (including phenoxy) is 2. The summed E-state index contributed by atoms with van der Waals surface area (Å²) in [6, 6.07) is 13.7. The minimum Gasteiger partial charge on any atom is -0.491 e. The van der Waals surface area contributed by atoms with Gasteiger partial charge in [-0.25, -0.2) is 4.39 Å². The summed E-state index contributed by atoms with van der Waals surface area (Å²) in [4.78, 5) is 19.6. The van der Waals surface area contributed by atoms with Gasteiger partial charge in [0.05, 0.1) is 13.0 Å². The lowest BCUT2D eigenvalue weighted by Gasteiger charge is -2.43. The zero-order valence-corrected chi connectivity index (χ0v) is 19.8. The van der Waals surface area contributed by atoms with Gasteiger partial charge in [0.15, 0.2) is 0 Å². The Bertz CT molecular complexity index is 937. The predicted molar refractivity (Wildman–Crippen MR) is 126 cm³/mol. The molecule has 0 aromatic heterocycles. The number of morpholine rings is 1. The summed E-state index contributed by atoms with van der Waals surface area (Å²) < 4.78 is 25.6. The van der Waals surface area contributed by atoms with E-state index >= 15 is 0 Å². The first-order valence-corrected chi connectivity index (χ1v) is 11.7. The Kier molecular flexibility index (Phi) is 7.86. The van der Waals surface area contributed by atoms with Crippen molar-refractivity contribution in [2.75, 3.05) is 59.5 Å². The van der Waals surface area contributed by atoms with E-state index in [1.54, 1.807) is 12.1 Å². The lowest BCUT2D eigenvalue weighted by atomic mass is 9.96. The van der Waals surface area contributed by atoms with Crippen LogP contribution < -0.4 is 4.74 Å². The molecule has 2 aromatic carbocycles. The van der Waals surface area contributed by atoms with E-state index in [-0.39, 0.29) is 24.8 Å². The lowest BCUT2D eigenvalue weighted by molar-refractivity contribution is -0.157. The topological polar surface area (TPSA) is 45.2 Å². The van der Waals surface area contributed by atoms with Gasteiger partial charge >= 0.3 is 0 Å². The smallest absolute Gasteiger partial charge is 0.225 e. The van der Waals surface area contributed by atoms with E-state index in [2.05, 4.69) is 16.8 Å². The molecule has 1 amide bonds. The molecule has 6 nitrogen and oxygen atoms in total. The fourth-order valence-corrected chi connectivity index (χ4v) is 4.60. The largest absolute Gasteiger partial charge is 0.491 e. The van der Waals surface area contributed by atoms with E-state index in [9.17, 15) is 9.18 Å². The quantitative estimate of drug-likeness (QED) is 0.615. The third kappa shape index (κ3) is 6.67. The number of hydrogen-bond acceptors (Lipinski definition) is 5. The van der Waals surface area contributed by atoms with Crippen LogP contribution >= 0.6 is 11.6 Å². The highest BCUT2D eigenvalue weighted by molar-refractivity contribution is 6.30. The van der Waals surface area contributed by atoms with Crippen LogP contribution in [-0.4, -0.2) is 85.7 Å². The summed E-state index contributed by atoms with van der Waals surface area (Å²) in [5, 5.41) is 0.705. The van der Waals surface area contributed by atoms with Crippen LogP contribution in [0.1, 0.15) is 12.0 Å². The summed E-state index contributed by atoms with van der Waals surface area (Å²) in [5.74, 6) is 0.317. The molecule has 0 spiro atoms. The zero-order chi connectivity index (χ0) is 23.3. The van der Waals surface area contributed by atoms with Gasteiger partial charge in [-0.05, 0) is 49.0 Å². The number of likely N-dealkylation sites (N-methyl/N-ethyl adjacent to an activating group) is 1. The average molecular weight is 476 g/mol. The predicted octanol–water partition coefficient (Wildman–Crippen LogP) is 3.29. The Hall–Kier alpha value is -2.19. The third-order valence-electron chi connectivity index (χ3n) is 6.27. The fraction of sp³-hybridized carbons (Fsp3) is 0.480. The first kappa shape index (κ1) is 24.0. The summed E-state index contributed by atoms with van der Waals surface area (Å²) in [6.07, 6.45) is 0.240. The number of halogens is 2. The molecule has 2 aliphatic rings. The minimum atomic E-state index is -0.786. The van der Waals surface area contributed by atoms with Crippen molar-refractivity contribution in [1.82, 2.24) is 14.7 Å². The van der Waals surface area contributed by atoms with Gasteiger partial charge in [-0.2, -0.15) is 0 Å². The maximum absolute atomic E-state index is 13.3. The van der Waals surface area contributed by atoms with Crippen molar-refractivity contribution in [3.8, 4) is 5.75 Å². The van der Waals surface area contributed by atoms with Gasteiger partial charge in [0.25, 0.3) is 0 Å². The zero-order valence-electron chi connectivity index (χ0n) is 19.0. The fourth-order valence-electron chi connectivity index (χ4n) is 4.39. The molecule has 0 bridgehead atoms. The summed E-state index contributed by atoms with van der Waals surface area (Å²) in [6.45, 7) is 5.91. The lowest BCUT2D eigenvalue weighted by Crippen LogP contribution is -2.58. The van der Waals surface area contributed by atoms with Gasteiger partial charge in [-0.3, -0.25) is 9.69 Å². The Balaban J connectivity index is 1.48. The van der Waals surface area contributed by atoms with Gasteiger partial charge in [0.2, 0.25) is 5.91 Å². The van der Waals surface area contributed by atoms with Crippen LogP contribution in [0.25, 0.3) is 0 Å². The first-order valence-electron chi connectivity index (χ1n) is 11.4. The normalized spacial score (nSPS) is 22.3. The first-order chi connectivity index (χ1) is 15.9. The number of hydrogen-bond donors (Lipinski definition) is 0. The molecule has 1 atom stereocenters. The van der Waals surface area contributed by atoms with Crippen LogP contribution in [0.2, 0.25) is 5.02 Å². The molecule has 2 heterocycles. The van der Waals surface area contributed by atoms with Crippen molar-refractivity contribution < 1.29 is 18.7 Å². The second-order valence-corrected chi connectivity index (χ2v) is 9.41. The van der Waals surface area contributed by atoms with Crippen molar-refractivity contribution in [3.05, 3.63) is 64.9 Å². The molecule has 0 aliphatic carbocycles. The van der Waals surface area contributed by atoms with Crippen molar-refractivity contribution in [1.29, 1.82) is 0 Å². The van der Waals surface area contributed by atoms with Gasteiger partial charge in [-0.15, -0.1) is 0 Å². The SMILES string of the molecule is CN1CCN(C(=O)C[C@]2(COc3ccc(F)cc3)CN(Cc3cccc(Cl)c3)CCO2)CC1. The molecule has 178 valence electrons. The number of benzene rings is 2. The average Bonchev–Trinajstić information content (AvgIpc) is 2.79. The molecule has 0 unspecified atom stereocenters. The molecule has 0 N–H and O–H groups in total. The Morgan fingerprint density at radius 3 is 2.61 bits per heavy atom. The van der Waals surface area contributed by atoms with Crippen LogP contribution in [0.4, 0.5) is 4.39 Å². The number of piperazine rings is 1. The molecular weight excluding hydrogens is 445 g/mol. The molecule has 33 heavy (non-hydrogen) atoms. The monoisotopic (exact) mass is 475 g/mol. The minimum absolute atomic E-state index is 0.0791. The van der Waals surface area contributed by atoms with Crippen LogP contribution in [0.15, 0.2) is 48.5 Å². The van der Waals surface area contributed by atoms with Gasteiger partial charge in [0.1, 0.15) is 23.8 Å². The summed E-state index contributed by atoms with van der Waals surface area (Å²) >= 11 is 6.17. The van der Waals surface area contributed by atoms with Crippen molar-refractivity contribution in [2.45, 2.75) is 18.6 Å². The molecule has 0 saturated carbocycles. The second-order valence-electron chi connectivity index (χ2n) is 8.98. The highest BCUT2D eigenvalue weighted by atomic mass is 35.5.